The summed E-state index contributed by atoms with van der Waals surface area (Å²) in [5, 5.41) is 2.86. The van der Waals surface area contributed by atoms with Crippen molar-refractivity contribution in [2.75, 3.05) is 20.3 Å². The first-order valence-corrected chi connectivity index (χ1v) is 8.45. The second-order valence-corrected chi connectivity index (χ2v) is 6.40. The van der Waals surface area contributed by atoms with Gasteiger partial charge in [-0.25, -0.2) is 0 Å². The number of halogens is 1. The number of carbonyl (C=O) groups is 1. The Morgan fingerprint density at radius 3 is 2.61 bits per heavy atom. The lowest BCUT2D eigenvalue weighted by Crippen LogP contribution is -2.30. The van der Waals surface area contributed by atoms with E-state index in [1.165, 1.54) is 5.56 Å². The molecule has 2 aromatic carbocycles. The highest BCUT2D eigenvalue weighted by molar-refractivity contribution is 14.1. The second-order valence-electron chi connectivity index (χ2n) is 5.16. The van der Waals surface area contributed by atoms with E-state index in [0.29, 0.717) is 12.3 Å². The highest BCUT2D eigenvalue weighted by atomic mass is 127. The van der Waals surface area contributed by atoms with Gasteiger partial charge in [-0.15, -0.1) is 0 Å². The summed E-state index contributed by atoms with van der Waals surface area (Å²) in [5.41, 5.74) is 2.26. The Morgan fingerprint density at radius 1 is 1.17 bits per heavy atom. The molecular weight excluding hydrogens is 405 g/mol. The lowest BCUT2D eigenvalue weighted by atomic mass is 10.1. The Kier molecular flexibility index (Phi) is 6.70. The number of rotatable bonds is 7. The van der Waals surface area contributed by atoms with E-state index in [1.54, 1.807) is 7.11 Å². The van der Waals surface area contributed by atoms with Crippen molar-refractivity contribution in [2.45, 2.75) is 13.3 Å². The largest absolute Gasteiger partial charge is 0.496 e. The summed E-state index contributed by atoms with van der Waals surface area (Å²) in [6.07, 6.45) is 0.722. The smallest absolute Gasteiger partial charge is 0.257 e. The van der Waals surface area contributed by atoms with Gasteiger partial charge in [0.25, 0.3) is 5.91 Å². The molecule has 0 saturated carbocycles. The molecule has 0 unspecified atom stereocenters. The average Bonchev–Trinajstić information content (AvgIpc) is 2.54. The fourth-order valence-electron chi connectivity index (χ4n) is 2.17. The predicted molar refractivity (Wildman–Crippen MR) is 99.1 cm³/mol. The van der Waals surface area contributed by atoms with Crippen molar-refractivity contribution in [3.63, 3.8) is 0 Å². The van der Waals surface area contributed by atoms with Crippen molar-refractivity contribution in [1.29, 1.82) is 0 Å². The molecule has 2 aromatic rings. The Labute approximate surface area is 150 Å². The summed E-state index contributed by atoms with van der Waals surface area (Å²) in [4.78, 5) is 11.8. The maximum absolute atomic E-state index is 11.8. The molecule has 0 bridgehead atoms. The van der Waals surface area contributed by atoms with Gasteiger partial charge in [0, 0.05) is 10.1 Å². The summed E-state index contributed by atoms with van der Waals surface area (Å²) in [6.45, 7) is 2.61. The zero-order chi connectivity index (χ0) is 16.7. The van der Waals surface area contributed by atoms with Crippen LogP contribution >= 0.6 is 22.6 Å². The minimum atomic E-state index is -0.129. The molecule has 1 N–H and O–H groups in total. The molecule has 0 aliphatic rings. The third kappa shape index (κ3) is 5.74. The van der Waals surface area contributed by atoms with Gasteiger partial charge in [0.2, 0.25) is 0 Å². The lowest BCUT2D eigenvalue weighted by molar-refractivity contribution is -0.123. The Balaban J connectivity index is 1.76. The first-order chi connectivity index (χ1) is 11.1. The summed E-state index contributed by atoms with van der Waals surface area (Å²) < 4.78 is 11.9. The van der Waals surface area contributed by atoms with E-state index in [0.717, 1.165) is 21.3 Å². The SMILES string of the molecule is COc1ccc(C)cc1CCNC(=O)COc1ccc(I)cc1. The van der Waals surface area contributed by atoms with Gasteiger partial charge in [-0.3, -0.25) is 4.79 Å². The quantitative estimate of drug-likeness (QED) is 0.693. The third-order valence-electron chi connectivity index (χ3n) is 3.34. The molecule has 0 aliphatic heterocycles. The molecule has 122 valence electrons. The van der Waals surface area contributed by atoms with Gasteiger partial charge in [0.1, 0.15) is 11.5 Å². The summed E-state index contributed by atoms with van der Waals surface area (Å²) in [5.74, 6) is 1.41. The summed E-state index contributed by atoms with van der Waals surface area (Å²) in [7, 11) is 1.65. The fraction of sp³-hybridized carbons (Fsp3) is 0.278. The molecule has 0 fully saturated rings. The molecule has 0 radical (unpaired) electrons. The summed E-state index contributed by atoms with van der Waals surface area (Å²) in [6, 6.07) is 13.6. The molecule has 2 rings (SSSR count). The number of amides is 1. The van der Waals surface area contributed by atoms with Crippen molar-refractivity contribution >= 4 is 28.5 Å². The monoisotopic (exact) mass is 425 g/mol. The molecule has 0 saturated heterocycles. The van der Waals surface area contributed by atoms with Gasteiger partial charge < -0.3 is 14.8 Å². The van der Waals surface area contributed by atoms with Gasteiger partial charge in [-0.2, -0.15) is 0 Å². The Hall–Kier alpha value is -1.76. The molecule has 0 aromatic heterocycles. The van der Waals surface area contributed by atoms with Crippen LogP contribution in [-0.4, -0.2) is 26.2 Å². The number of nitrogens with one attached hydrogen (secondary N) is 1. The van der Waals surface area contributed by atoms with Crippen molar-refractivity contribution in [3.05, 3.63) is 57.2 Å². The van der Waals surface area contributed by atoms with Crippen molar-refractivity contribution in [1.82, 2.24) is 5.32 Å². The number of methoxy groups -OCH3 is 1. The lowest BCUT2D eigenvalue weighted by Gasteiger charge is -2.11. The fourth-order valence-corrected chi connectivity index (χ4v) is 2.53. The van der Waals surface area contributed by atoms with Crippen LogP contribution in [0, 0.1) is 10.5 Å². The molecule has 1 amide bonds. The normalized spacial score (nSPS) is 10.2. The molecule has 0 spiro atoms. The van der Waals surface area contributed by atoms with Crippen LogP contribution in [0.4, 0.5) is 0 Å². The Morgan fingerprint density at radius 2 is 1.91 bits per heavy atom. The molecule has 4 nitrogen and oxygen atoms in total. The van der Waals surface area contributed by atoms with E-state index < -0.39 is 0 Å². The minimum Gasteiger partial charge on any atom is -0.496 e. The van der Waals surface area contributed by atoms with Crippen molar-refractivity contribution in [2.24, 2.45) is 0 Å². The first-order valence-electron chi connectivity index (χ1n) is 7.37. The van der Waals surface area contributed by atoms with Gasteiger partial charge in [0.15, 0.2) is 6.61 Å². The number of benzene rings is 2. The second kappa shape index (κ2) is 8.76. The van der Waals surface area contributed by atoms with Gasteiger partial charge in [0.05, 0.1) is 7.11 Å². The van der Waals surface area contributed by atoms with E-state index in [1.807, 2.05) is 43.3 Å². The zero-order valence-corrected chi connectivity index (χ0v) is 15.4. The average molecular weight is 425 g/mol. The number of ether oxygens (including phenoxy) is 2. The standard InChI is InChI=1S/C18H20INO3/c1-13-3-8-17(22-2)14(11-13)9-10-20-18(21)12-23-16-6-4-15(19)5-7-16/h3-8,11H,9-10,12H2,1-2H3,(H,20,21). The van der Waals surface area contributed by atoms with Crippen LogP contribution < -0.4 is 14.8 Å². The van der Waals surface area contributed by atoms with Gasteiger partial charge in [-0.05, 0) is 71.8 Å². The van der Waals surface area contributed by atoms with Crippen LogP contribution in [0.3, 0.4) is 0 Å². The maximum atomic E-state index is 11.8. The van der Waals surface area contributed by atoms with Gasteiger partial charge in [-0.1, -0.05) is 17.7 Å². The zero-order valence-electron chi connectivity index (χ0n) is 13.3. The van der Waals surface area contributed by atoms with E-state index in [9.17, 15) is 4.79 Å². The van der Waals surface area contributed by atoms with Crippen molar-refractivity contribution in [3.8, 4) is 11.5 Å². The predicted octanol–water partition coefficient (Wildman–Crippen LogP) is 3.35. The molecule has 0 heterocycles. The van der Waals surface area contributed by atoms with Crippen LogP contribution in [0.25, 0.3) is 0 Å². The van der Waals surface area contributed by atoms with Crippen molar-refractivity contribution < 1.29 is 14.3 Å². The van der Waals surface area contributed by atoms with E-state index in [-0.39, 0.29) is 12.5 Å². The third-order valence-corrected chi connectivity index (χ3v) is 4.06. The van der Waals surface area contributed by atoms with Crippen LogP contribution in [-0.2, 0) is 11.2 Å². The van der Waals surface area contributed by atoms with E-state index in [4.69, 9.17) is 9.47 Å². The topological polar surface area (TPSA) is 47.6 Å². The Bertz CT molecular complexity index is 656. The van der Waals surface area contributed by atoms with Crippen LogP contribution in [0.5, 0.6) is 11.5 Å². The highest BCUT2D eigenvalue weighted by Crippen LogP contribution is 2.19. The highest BCUT2D eigenvalue weighted by Gasteiger charge is 2.06. The van der Waals surface area contributed by atoms with Crippen LogP contribution in [0.15, 0.2) is 42.5 Å². The van der Waals surface area contributed by atoms with E-state index >= 15 is 0 Å². The summed E-state index contributed by atoms with van der Waals surface area (Å²) >= 11 is 2.22. The first kappa shape index (κ1) is 17.6. The maximum Gasteiger partial charge on any atom is 0.257 e. The molecule has 23 heavy (non-hydrogen) atoms. The number of carbonyl (C=O) groups excluding carboxylic acids is 1. The molecule has 0 atom stereocenters. The van der Waals surface area contributed by atoms with Crippen LogP contribution in [0.2, 0.25) is 0 Å². The van der Waals surface area contributed by atoms with Crippen LogP contribution in [0.1, 0.15) is 11.1 Å². The minimum absolute atomic E-state index is 0.0194. The molecular formula is C18H20INO3. The molecule has 0 aliphatic carbocycles. The molecule has 5 heteroatoms. The number of hydrogen-bond donors (Lipinski definition) is 1. The number of aryl methyl sites for hydroxylation is 1. The van der Waals surface area contributed by atoms with E-state index in [2.05, 4.69) is 34.0 Å². The number of hydrogen-bond acceptors (Lipinski definition) is 3. The van der Waals surface area contributed by atoms with Gasteiger partial charge >= 0.3 is 0 Å².